The van der Waals surface area contributed by atoms with Gasteiger partial charge in [-0.1, -0.05) is 12.1 Å². The Hall–Kier alpha value is -1.86. The summed E-state index contributed by atoms with van der Waals surface area (Å²) in [7, 11) is 1.66. The van der Waals surface area contributed by atoms with E-state index in [1.54, 1.807) is 19.5 Å². The number of methoxy groups -OCH3 is 1. The molecule has 0 bridgehead atoms. The topological polar surface area (TPSA) is 63.7 Å². The van der Waals surface area contributed by atoms with E-state index in [-0.39, 0.29) is 36.8 Å². The van der Waals surface area contributed by atoms with Gasteiger partial charge in [-0.15, -0.1) is 24.8 Å². The highest BCUT2D eigenvalue weighted by Crippen LogP contribution is 2.14. The SMILES string of the molecule is COc1ccc(CCN(Cc2ccncc2)C(=O)CC2COCCN2)cc1.Cl.Cl. The third-order valence-electron chi connectivity index (χ3n) is 4.72. The normalized spacial score (nSPS) is 15.6. The molecule has 29 heavy (non-hydrogen) atoms. The minimum absolute atomic E-state index is 0. The van der Waals surface area contributed by atoms with Crippen LogP contribution in [0.4, 0.5) is 0 Å². The lowest BCUT2D eigenvalue weighted by Gasteiger charge is -2.28. The van der Waals surface area contributed by atoms with Crippen LogP contribution in [0.1, 0.15) is 17.5 Å². The maximum absolute atomic E-state index is 12.9. The van der Waals surface area contributed by atoms with Crippen LogP contribution in [0.3, 0.4) is 0 Å². The Kier molecular flexibility index (Phi) is 11.6. The van der Waals surface area contributed by atoms with Gasteiger partial charge in [-0.25, -0.2) is 0 Å². The van der Waals surface area contributed by atoms with Gasteiger partial charge in [0.2, 0.25) is 5.91 Å². The van der Waals surface area contributed by atoms with E-state index in [2.05, 4.69) is 10.3 Å². The molecule has 1 aliphatic heterocycles. The van der Waals surface area contributed by atoms with Crippen LogP contribution in [-0.2, 0) is 22.5 Å². The van der Waals surface area contributed by atoms with Gasteiger partial charge in [0, 0.05) is 44.5 Å². The first-order chi connectivity index (χ1) is 13.2. The van der Waals surface area contributed by atoms with Gasteiger partial charge in [0.1, 0.15) is 5.75 Å². The Bertz CT molecular complexity index is 711. The van der Waals surface area contributed by atoms with Crippen LogP contribution >= 0.6 is 24.8 Å². The van der Waals surface area contributed by atoms with Gasteiger partial charge in [0.15, 0.2) is 0 Å². The van der Waals surface area contributed by atoms with Crippen LogP contribution in [0, 0.1) is 0 Å². The average molecular weight is 442 g/mol. The summed E-state index contributed by atoms with van der Waals surface area (Å²) in [6.45, 7) is 3.36. The van der Waals surface area contributed by atoms with Crippen molar-refractivity contribution < 1.29 is 14.3 Å². The third-order valence-corrected chi connectivity index (χ3v) is 4.72. The molecule has 1 fully saturated rings. The predicted molar refractivity (Wildman–Crippen MR) is 118 cm³/mol. The van der Waals surface area contributed by atoms with E-state index >= 15 is 0 Å². The fraction of sp³-hybridized carbons (Fsp3) is 0.429. The van der Waals surface area contributed by atoms with E-state index in [1.807, 2.05) is 41.3 Å². The van der Waals surface area contributed by atoms with E-state index in [9.17, 15) is 4.79 Å². The zero-order chi connectivity index (χ0) is 18.9. The van der Waals surface area contributed by atoms with E-state index in [4.69, 9.17) is 9.47 Å². The zero-order valence-electron chi connectivity index (χ0n) is 16.6. The fourth-order valence-electron chi connectivity index (χ4n) is 3.15. The standard InChI is InChI=1S/C21H27N3O3.2ClH/c1-26-20-4-2-17(3-5-20)8-12-24(15-18-6-9-22-10-7-18)21(25)14-19-16-27-13-11-23-19;;/h2-7,9-10,19,23H,8,11-16H2,1H3;2*1H. The van der Waals surface area contributed by atoms with E-state index in [0.717, 1.165) is 24.3 Å². The summed E-state index contributed by atoms with van der Waals surface area (Å²) in [4.78, 5) is 18.9. The molecule has 1 aromatic carbocycles. The van der Waals surface area contributed by atoms with Crippen molar-refractivity contribution in [1.82, 2.24) is 15.2 Å². The number of carbonyl (C=O) groups is 1. The van der Waals surface area contributed by atoms with Gasteiger partial charge in [-0.3, -0.25) is 9.78 Å². The van der Waals surface area contributed by atoms with Crippen LogP contribution in [-0.4, -0.2) is 55.2 Å². The number of amides is 1. The Morgan fingerprint density at radius 1 is 1.17 bits per heavy atom. The molecule has 1 aromatic heterocycles. The molecule has 2 aromatic rings. The molecule has 1 unspecified atom stereocenters. The van der Waals surface area contributed by atoms with Gasteiger partial charge in [-0.05, 0) is 41.8 Å². The van der Waals surface area contributed by atoms with Crippen LogP contribution in [0.15, 0.2) is 48.8 Å². The largest absolute Gasteiger partial charge is 0.497 e. The molecule has 1 atom stereocenters. The molecule has 0 spiro atoms. The number of hydrogen-bond donors (Lipinski definition) is 1. The van der Waals surface area contributed by atoms with Gasteiger partial charge in [0.05, 0.1) is 20.3 Å². The zero-order valence-corrected chi connectivity index (χ0v) is 18.2. The maximum atomic E-state index is 12.9. The highest BCUT2D eigenvalue weighted by molar-refractivity contribution is 5.85. The monoisotopic (exact) mass is 441 g/mol. The summed E-state index contributed by atoms with van der Waals surface area (Å²) in [5, 5.41) is 3.36. The minimum atomic E-state index is 0. The number of nitrogens with zero attached hydrogens (tertiary/aromatic N) is 2. The molecule has 0 saturated carbocycles. The maximum Gasteiger partial charge on any atom is 0.224 e. The summed E-state index contributed by atoms with van der Waals surface area (Å²) in [6.07, 6.45) is 4.78. The van der Waals surface area contributed by atoms with E-state index in [1.165, 1.54) is 5.56 Å². The van der Waals surface area contributed by atoms with Crippen LogP contribution in [0.25, 0.3) is 0 Å². The van der Waals surface area contributed by atoms with Crippen LogP contribution in [0.5, 0.6) is 5.75 Å². The number of rotatable bonds is 8. The van der Waals surface area contributed by atoms with Gasteiger partial charge in [-0.2, -0.15) is 0 Å². The van der Waals surface area contributed by atoms with Crippen molar-refractivity contribution in [2.45, 2.75) is 25.4 Å². The van der Waals surface area contributed by atoms with Gasteiger partial charge >= 0.3 is 0 Å². The number of aromatic nitrogens is 1. The summed E-state index contributed by atoms with van der Waals surface area (Å²) >= 11 is 0. The van der Waals surface area contributed by atoms with Gasteiger partial charge in [0.25, 0.3) is 0 Å². The molecular formula is C21H29Cl2N3O3. The van der Waals surface area contributed by atoms with Crippen LogP contribution < -0.4 is 10.1 Å². The third kappa shape index (κ3) is 8.19. The van der Waals surface area contributed by atoms with Gasteiger partial charge < -0.3 is 19.7 Å². The Labute approximate surface area is 184 Å². The second-order valence-electron chi connectivity index (χ2n) is 6.70. The first-order valence-corrected chi connectivity index (χ1v) is 9.35. The average Bonchev–Trinajstić information content (AvgIpc) is 2.73. The molecular weight excluding hydrogens is 413 g/mol. The quantitative estimate of drug-likeness (QED) is 0.681. The Morgan fingerprint density at radius 3 is 2.52 bits per heavy atom. The second-order valence-corrected chi connectivity index (χ2v) is 6.70. The molecule has 1 aliphatic rings. The lowest BCUT2D eigenvalue weighted by atomic mass is 10.1. The minimum Gasteiger partial charge on any atom is -0.497 e. The number of ether oxygens (including phenoxy) is 2. The molecule has 1 amide bonds. The molecule has 1 N–H and O–H groups in total. The van der Waals surface area contributed by atoms with Crippen molar-refractivity contribution in [1.29, 1.82) is 0 Å². The predicted octanol–water partition coefficient (Wildman–Crippen LogP) is 2.88. The summed E-state index contributed by atoms with van der Waals surface area (Å²) in [5.41, 5.74) is 2.27. The summed E-state index contributed by atoms with van der Waals surface area (Å²) < 4.78 is 10.7. The van der Waals surface area contributed by atoms with Crippen molar-refractivity contribution in [2.24, 2.45) is 0 Å². The second kappa shape index (κ2) is 13.4. The van der Waals surface area contributed by atoms with Crippen molar-refractivity contribution in [2.75, 3.05) is 33.4 Å². The Morgan fingerprint density at radius 2 is 1.90 bits per heavy atom. The number of nitrogens with one attached hydrogen (secondary N) is 1. The highest BCUT2D eigenvalue weighted by atomic mass is 35.5. The van der Waals surface area contributed by atoms with Crippen LogP contribution in [0.2, 0.25) is 0 Å². The van der Waals surface area contributed by atoms with Crippen molar-refractivity contribution in [3.63, 3.8) is 0 Å². The van der Waals surface area contributed by atoms with Crippen molar-refractivity contribution >= 4 is 30.7 Å². The lowest BCUT2D eigenvalue weighted by Crippen LogP contribution is -2.45. The number of carbonyl (C=O) groups excluding carboxylic acids is 1. The summed E-state index contributed by atoms with van der Waals surface area (Å²) in [5.74, 6) is 0.982. The number of benzene rings is 1. The van der Waals surface area contributed by atoms with Crippen molar-refractivity contribution in [3.8, 4) is 5.75 Å². The molecule has 3 rings (SSSR count). The number of morpholine rings is 1. The molecule has 6 nitrogen and oxygen atoms in total. The molecule has 160 valence electrons. The fourth-order valence-corrected chi connectivity index (χ4v) is 3.15. The van der Waals surface area contributed by atoms with Crippen molar-refractivity contribution in [3.05, 3.63) is 59.9 Å². The smallest absolute Gasteiger partial charge is 0.224 e. The highest BCUT2D eigenvalue weighted by Gasteiger charge is 2.21. The molecule has 2 heterocycles. The summed E-state index contributed by atoms with van der Waals surface area (Å²) in [6, 6.07) is 12.0. The molecule has 0 radical (unpaired) electrons. The number of halogens is 2. The Balaban J connectivity index is 0.00000210. The molecule has 8 heteroatoms. The number of pyridine rings is 1. The first kappa shape index (κ1) is 25.2. The molecule has 1 saturated heterocycles. The first-order valence-electron chi connectivity index (χ1n) is 9.35. The van der Waals surface area contributed by atoms with E-state index in [0.29, 0.717) is 32.7 Å². The molecule has 0 aliphatic carbocycles. The van der Waals surface area contributed by atoms with E-state index < -0.39 is 0 Å². The number of hydrogen-bond acceptors (Lipinski definition) is 5. The lowest BCUT2D eigenvalue weighted by molar-refractivity contribution is -0.133.